The van der Waals surface area contributed by atoms with Gasteiger partial charge in [0.2, 0.25) is 5.91 Å². The molecular formula is C20H21FN2O3. The number of H-pyrrole nitrogens is 1. The highest BCUT2D eigenvalue weighted by Gasteiger charge is 2.20. The number of benzene rings is 2. The first-order valence-electron chi connectivity index (χ1n) is 8.36. The maximum Gasteiger partial charge on any atom is 0.216 e. The number of methoxy groups -OCH3 is 1. The van der Waals surface area contributed by atoms with Crippen molar-refractivity contribution in [3.8, 4) is 5.75 Å². The summed E-state index contributed by atoms with van der Waals surface area (Å²) in [6.07, 6.45) is -0.387. The molecule has 0 aliphatic rings. The molecule has 0 saturated heterocycles. The Morgan fingerprint density at radius 3 is 2.65 bits per heavy atom. The maximum absolute atomic E-state index is 13.2. The Bertz CT molecular complexity index is 919. The minimum atomic E-state index is -0.929. The molecule has 3 rings (SSSR count). The van der Waals surface area contributed by atoms with Gasteiger partial charge in [-0.15, -0.1) is 0 Å². The lowest BCUT2D eigenvalue weighted by Crippen LogP contribution is -2.22. The summed E-state index contributed by atoms with van der Waals surface area (Å²) in [6.45, 7) is 1.91. The Morgan fingerprint density at radius 1 is 1.27 bits per heavy atom. The van der Waals surface area contributed by atoms with Gasteiger partial charge in [-0.25, -0.2) is 4.39 Å². The number of ether oxygens (including phenoxy) is 1. The standard InChI is InChI=1S/C20H21FN2O3/c1-12(24)22-10-9-16-17-11-15(26-2)7-8-18(17)23-19(16)20(25)13-3-5-14(21)6-4-13/h3-8,11,20,23,25H,9-10H2,1-2H3,(H,22,24). The molecule has 5 nitrogen and oxygen atoms in total. The van der Waals surface area contributed by atoms with Crippen LogP contribution >= 0.6 is 0 Å². The zero-order chi connectivity index (χ0) is 18.7. The minimum Gasteiger partial charge on any atom is -0.497 e. The van der Waals surface area contributed by atoms with Crippen LogP contribution in [0.15, 0.2) is 42.5 Å². The summed E-state index contributed by atoms with van der Waals surface area (Å²) in [5.74, 6) is 0.247. The molecule has 1 aromatic heterocycles. The van der Waals surface area contributed by atoms with Gasteiger partial charge in [0.1, 0.15) is 17.7 Å². The average molecular weight is 356 g/mol. The van der Waals surface area contributed by atoms with Crippen molar-refractivity contribution >= 4 is 16.8 Å². The van der Waals surface area contributed by atoms with Gasteiger partial charge in [-0.3, -0.25) is 4.79 Å². The second-order valence-electron chi connectivity index (χ2n) is 6.12. The number of amides is 1. The molecule has 136 valence electrons. The van der Waals surface area contributed by atoms with Gasteiger partial charge < -0.3 is 20.1 Å². The Kier molecular flexibility index (Phi) is 5.23. The van der Waals surface area contributed by atoms with E-state index in [1.54, 1.807) is 19.2 Å². The molecule has 3 N–H and O–H groups in total. The number of aromatic nitrogens is 1. The highest BCUT2D eigenvalue weighted by molar-refractivity contribution is 5.86. The molecule has 3 aromatic rings. The summed E-state index contributed by atoms with van der Waals surface area (Å²) in [7, 11) is 1.60. The van der Waals surface area contributed by atoms with E-state index in [1.165, 1.54) is 19.1 Å². The molecule has 0 saturated carbocycles. The molecule has 0 fully saturated rings. The quantitative estimate of drug-likeness (QED) is 0.635. The van der Waals surface area contributed by atoms with Crippen molar-refractivity contribution in [3.05, 3.63) is 65.1 Å². The van der Waals surface area contributed by atoms with E-state index < -0.39 is 6.10 Å². The number of aromatic amines is 1. The third-order valence-corrected chi connectivity index (χ3v) is 4.35. The SMILES string of the molecule is COc1ccc2[nH]c(C(O)c3ccc(F)cc3)c(CCNC(C)=O)c2c1. The lowest BCUT2D eigenvalue weighted by Gasteiger charge is -2.13. The summed E-state index contributed by atoms with van der Waals surface area (Å²) in [4.78, 5) is 14.4. The van der Waals surface area contributed by atoms with Crippen LogP contribution in [-0.2, 0) is 11.2 Å². The van der Waals surface area contributed by atoms with E-state index in [-0.39, 0.29) is 11.7 Å². The fraction of sp³-hybridized carbons (Fsp3) is 0.250. The Morgan fingerprint density at radius 2 is 2.00 bits per heavy atom. The Balaban J connectivity index is 2.04. The second kappa shape index (κ2) is 7.58. The van der Waals surface area contributed by atoms with Crippen LogP contribution in [0.25, 0.3) is 10.9 Å². The van der Waals surface area contributed by atoms with Gasteiger partial charge in [0.05, 0.1) is 12.8 Å². The molecule has 2 aromatic carbocycles. The van der Waals surface area contributed by atoms with Crippen LogP contribution in [0.5, 0.6) is 5.75 Å². The zero-order valence-corrected chi connectivity index (χ0v) is 14.7. The van der Waals surface area contributed by atoms with Gasteiger partial charge in [-0.1, -0.05) is 12.1 Å². The largest absolute Gasteiger partial charge is 0.497 e. The van der Waals surface area contributed by atoms with Crippen LogP contribution in [0, 0.1) is 5.82 Å². The van der Waals surface area contributed by atoms with E-state index in [4.69, 9.17) is 4.74 Å². The molecule has 6 heteroatoms. The van der Waals surface area contributed by atoms with Gasteiger partial charge in [0.15, 0.2) is 0 Å². The van der Waals surface area contributed by atoms with Crippen LogP contribution in [0.3, 0.4) is 0 Å². The second-order valence-corrected chi connectivity index (χ2v) is 6.12. The number of halogens is 1. The zero-order valence-electron chi connectivity index (χ0n) is 14.7. The summed E-state index contributed by atoms with van der Waals surface area (Å²) >= 11 is 0. The number of hydrogen-bond acceptors (Lipinski definition) is 3. The van der Waals surface area contributed by atoms with Crippen molar-refractivity contribution in [2.75, 3.05) is 13.7 Å². The highest BCUT2D eigenvalue weighted by Crippen LogP contribution is 2.32. The number of carbonyl (C=O) groups is 1. The van der Waals surface area contributed by atoms with Crippen molar-refractivity contribution < 1.29 is 19.0 Å². The highest BCUT2D eigenvalue weighted by atomic mass is 19.1. The van der Waals surface area contributed by atoms with Gasteiger partial charge in [0.25, 0.3) is 0 Å². The van der Waals surface area contributed by atoms with E-state index in [2.05, 4.69) is 10.3 Å². The number of aliphatic hydroxyl groups is 1. The van der Waals surface area contributed by atoms with Crippen molar-refractivity contribution in [2.24, 2.45) is 0 Å². The maximum atomic E-state index is 13.2. The van der Waals surface area contributed by atoms with E-state index in [0.717, 1.165) is 16.5 Å². The first-order chi connectivity index (χ1) is 12.5. The normalized spacial score (nSPS) is 12.2. The Hall–Kier alpha value is -2.86. The summed E-state index contributed by atoms with van der Waals surface area (Å²) in [5.41, 5.74) is 2.97. The van der Waals surface area contributed by atoms with Gasteiger partial charge in [-0.2, -0.15) is 0 Å². The molecule has 1 amide bonds. The van der Waals surface area contributed by atoms with Crippen LogP contribution in [0.2, 0.25) is 0 Å². The van der Waals surface area contributed by atoms with Crippen LogP contribution < -0.4 is 10.1 Å². The predicted octanol–water partition coefficient (Wildman–Crippen LogP) is 3.08. The van der Waals surface area contributed by atoms with Crippen molar-refractivity contribution in [1.29, 1.82) is 0 Å². The molecular weight excluding hydrogens is 335 g/mol. The summed E-state index contributed by atoms with van der Waals surface area (Å²) in [5, 5.41) is 14.5. The van der Waals surface area contributed by atoms with Gasteiger partial charge >= 0.3 is 0 Å². The third-order valence-electron chi connectivity index (χ3n) is 4.35. The molecule has 0 spiro atoms. The van der Waals surface area contributed by atoms with Gasteiger partial charge in [-0.05, 0) is 47.9 Å². The molecule has 0 aliphatic carbocycles. The third kappa shape index (κ3) is 3.70. The number of hydrogen-bond donors (Lipinski definition) is 3. The van der Waals surface area contributed by atoms with Gasteiger partial charge in [0, 0.05) is 24.4 Å². The van der Waals surface area contributed by atoms with Crippen LogP contribution in [0.1, 0.15) is 29.8 Å². The monoisotopic (exact) mass is 356 g/mol. The molecule has 0 radical (unpaired) electrons. The van der Waals surface area contributed by atoms with Crippen LogP contribution in [0.4, 0.5) is 4.39 Å². The predicted molar refractivity (Wildman–Crippen MR) is 97.7 cm³/mol. The molecule has 1 heterocycles. The Labute approximate surface area is 150 Å². The van der Waals surface area contributed by atoms with Crippen LogP contribution in [-0.4, -0.2) is 29.7 Å². The van der Waals surface area contributed by atoms with E-state index in [9.17, 15) is 14.3 Å². The average Bonchev–Trinajstić information content (AvgIpc) is 2.99. The molecule has 26 heavy (non-hydrogen) atoms. The lowest BCUT2D eigenvalue weighted by atomic mass is 10.00. The number of aliphatic hydroxyl groups excluding tert-OH is 1. The number of nitrogens with one attached hydrogen (secondary N) is 2. The number of rotatable bonds is 6. The van der Waals surface area contributed by atoms with Crippen molar-refractivity contribution in [3.63, 3.8) is 0 Å². The first-order valence-corrected chi connectivity index (χ1v) is 8.36. The smallest absolute Gasteiger partial charge is 0.216 e. The minimum absolute atomic E-state index is 0.108. The van der Waals surface area contributed by atoms with E-state index >= 15 is 0 Å². The number of carbonyl (C=O) groups excluding carboxylic acids is 1. The lowest BCUT2D eigenvalue weighted by molar-refractivity contribution is -0.118. The van der Waals surface area contributed by atoms with E-state index in [1.807, 2.05) is 18.2 Å². The number of fused-ring (bicyclic) bond motifs is 1. The van der Waals surface area contributed by atoms with E-state index in [0.29, 0.717) is 30.0 Å². The summed E-state index contributed by atoms with van der Waals surface area (Å²) in [6, 6.07) is 11.4. The first kappa shape index (κ1) is 17.9. The van der Waals surface area contributed by atoms with Crippen molar-refractivity contribution in [2.45, 2.75) is 19.4 Å². The molecule has 1 atom stereocenters. The fourth-order valence-electron chi connectivity index (χ4n) is 3.05. The summed E-state index contributed by atoms with van der Waals surface area (Å²) < 4.78 is 18.5. The molecule has 1 unspecified atom stereocenters. The topological polar surface area (TPSA) is 74.3 Å². The van der Waals surface area contributed by atoms with Crippen molar-refractivity contribution in [1.82, 2.24) is 10.3 Å². The fourth-order valence-corrected chi connectivity index (χ4v) is 3.05. The molecule has 0 aliphatic heterocycles. The molecule has 0 bridgehead atoms.